The Morgan fingerprint density at radius 3 is 2.07 bits per heavy atom. The van der Waals surface area contributed by atoms with Crippen LogP contribution in [0.25, 0.3) is 0 Å². The fourth-order valence-electron chi connectivity index (χ4n) is 0.746. The van der Waals surface area contributed by atoms with Gasteiger partial charge < -0.3 is 5.32 Å². The van der Waals surface area contributed by atoms with Crippen LogP contribution < -0.4 is 5.32 Å². The summed E-state index contributed by atoms with van der Waals surface area (Å²) < 4.78 is 34.8. The first-order valence-corrected chi connectivity index (χ1v) is 5.18. The molecule has 0 aromatic rings. The maximum Gasteiger partial charge on any atom is 0.390 e. The van der Waals surface area contributed by atoms with Crippen molar-refractivity contribution < 1.29 is 13.2 Å². The molecule has 0 aromatic heterocycles. The van der Waals surface area contributed by atoms with Gasteiger partial charge in [0.1, 0.15) is 0 Å². The molecule has 4 heteroatoms. The van der Waals surface area contributed by atoms with Gasteiger partial charge in [0.15, 0.2) is 0 Å². The molecule has 0 aliphatic heterocycles. The van der Waals surface area contributed by atoms with Gasteiger partial charge in [0.05, 0.1) is 6.42 Å². The average molecular weight is 225 g/mol. The van der Waals surface area contributed by atoms with Crippen molar-refractivity contribution in [3.8, 4) is 0 Å². The molecule has 0 atom stereocenters. The van der Waals surface area contributed by atoms with Crippen molar-refractivity contribution in [1.82, 2.24) is 5.32 Å². The van der Waals surface area contributed by atoms with Gasteiger partial charge in [-0.3, -0.25) is 0 Å². The van der Waals surface area contributed by atoms with Gasteiger partial charge in [-0.15, -0.1) is 6.58 Å². The summed E-state index contributed by atoms with van der Waals surface area (Å²) >= 11 is 0. The number of rotatable bonds is 5. The molecule has 0 radical (unpaired) electrons. The van der Waals surface area contributed by atoms with E-state index in [4.69, 9.17) is 0 Å². The minimum Gasteiger partial charge on any atom is -0.316 e. The Morgan fingerprint density at radius 1 is 1.27 bits per heavy atom. The molecule has 0 amide bonds. The first kappa shape index (κ1) is 16.9. The molecule has 0 rings (SSSR count). The minimum atomic E-state index is -4.02. The van der Waals surface area contributed by atoms with Crippen molar-refractivity contribution in [3.63, 3.8) is 0 Å². The van der Waals surface area contributed by atoms with Gasteiger partial charge in [0.2, 0.25) is 0 Å². The summed E-state index contributed by atoms with van der Waals surface area (Å²) in [4.78, 5) is 0. The average Bonchev–Trinajstić information content (AvgIpc) is 2.02. The SMILES string of the molecule is C=CC.CC(C)CCNCCC(F)(F)F. The minimum absolute atomic E-state index is 0.0379. The predicted molar refractivity (Wildman–Crippen MR) is 58.9 cm³/mol. The molecule has 0 saturated carbocycles. The second-order valence-corrected chi connectivity index (χ2v) is 3.71. The van der Waals surface area contributed by atoms with Crippen molar-refractivity contribution >= 4 is 0 Å². The van der Waals surface area contributed by atoms with Crippen LogP contribution in [0.15, 0.2) is 12.7 Å². The predicted octanol–water partition coefficient (Wildman–Crippen LogP) is 3.77. The zero-order valence-electron chi connectivity index (χ0n) is 9.82. The Labute approximate surface area is 90.8 Å². The van der Waals surface area contributed by atoms with E-state index in [2.05, 4.69) is 11.9 Å². The molecule has 0 spiro atoms. The Bertz CT molecular complexity index is 141. The second kappa shape index (κ2) is 10.0. The first-order chi connectivity index (χ1) is 6.83. The van der Waals surface area contributed by atoms with Gasteiger partial charge in [-0.25, -0.2) is 0 Å². The molecule has 0 bridgehead atoms. The van der Waals surface area contributed by atoms with E-state index >= 15 is 0 Å². The molecule has 0 aromatic carbocycles. The Kier molecular flexibility index (Phi) is 11.3. The summed E-state index contributed by atoms with van der Waals surface area (Å²) in [6, 6.07) is 0. The van der Waals surface area contributed by atoms with E-state index in [9.17, 15) is 13.2 Å². The molecule has 0 saturated heterocycles. The molecule has 0 aliphatic rings. The molecule has 0 fully saturated rings. The van der Waals surface area contributed by atoms with Gasteiger partial charge in [-0.05, 0) is 25.8 Å². The highest BCUT2D eigenvalue weighted by Crippen LogP contribution is 2.18. The number of hydrogen-bond acceptors (Lipinski definition) is 1. The smallest absolute Gasteiger partial charge is 0.316 e. The number of halogens is 3. The van der Waals surface area contributed by atoms with Crippen LogP contribution >= 0.6 is 0 Å². The van der Waals surface area contributed by atoms with Crippen LogP contribution in [-0.2, 0) is 0 Å². The van der Waals surface area contributed by atoms with Gasteiger partial charge in [0, 0.05) is 6.54 Å². The Hall–Kier alpha value is -0.510. The third kappa shape index (κ3) is 24.7. The molecule has 15 heavy (non-hydrogen) atoms. The zero-order valence-corrected chi connectivity index (χ0v) is 9.82. The fraction of sp³-hybridized carbons (Fsp3) is 0.818. The number of allylic oxidation sites excluding steroid dienone is 1. The van der Waals surface area contributed by atoms with E-state index in [1.807, 2.05) is 20.8 Å². The lowest BCUT2D eigenvalue weighted by atomic mass is 10.1. The standard InChI is InChI=1S/C8H16F3N.C3H6/c1-7(2)3-5-12-6-4-8(9,10)11;1-3-2/h7,12H,3-6H2,1-2H3;3H,1H2,2H3. The van der Waals surface area contributed by atoms with E-state index < -0.39 is 12.6 Å². The molecule has 92 valence electrons. The third-order valence-corrected chi connectivity index (χ3v) is 1.48. The second-order valence-electron chi connectivity index (χ2n) is 3.71. The summed E-state index contributed by atoms with van der Waals surface area (Å²) in [5.41, 5.74) is 0. The van der Waals surface area contributed by atoms with Crippen LogP contribution in [0.1, 0.15) is 33.6 Å². The molecular weight excluding hydrogens is 203 g/mol. The van der Waals surface area contributed by atoms with Gasteiger partial charge >= 0.3 is 6.18 Å². The highest BCUT2D eigenvalue weighted by Gasteiger charge is 2.25. The van der Waals surface area contributed by atoms with Crippen molar-refractivity contribution in [2.24, 2.45) is 5.92 Å². The summed E-state index contributed by atoms with van der Waals surface area (Å²) in [6.07, 6.45) is -2.08. The zero-order chi connectivity index (χ0) is 12.3. The Morgan fingerprint density at radius 2 is 1.73 bits per heavy atom. The molecule has 1 N–H and O–H groups in total. The van der Waals surface area contributed by atoms with Gasteiger partial charge in [-0.1, -0.05) is 19.9 Å². The van der Waals surface area contributed by atoms with Crippen LogP contribution in [-0.4, -0.2) is 19.3 Å². The number of nitrogens with one attached hydrogen (secondary N) is 1. The highest BCUT2D eigenvalue weighted by atomic mass is 19.4. The van der Waals surface area contributed by atoms with Crippen LogP contribution in [0.2, 0.25) is 0 Å². The van der Waals surface area contributed by atoms with E-state index in [1.165, 1.54) is 0 Å². The number of hydrogen-bond donors (Lipinski definition) is 1. The van der Waals surface area contributed by atoms with Crippen molar-refractivity contribution in [2.45, 2.75) is 39.8 Å². The van der Waals surface area contributed by atoms with Crippen LogP contribution in [0.4, 0.5) is 13.2 Å². The van der Waals surface area contributed by atoms with E-state index in [0.717, 1.165) is 6.42 Å². The topological polar surface area (TPSA) is 12.0 Å². The highest BCUT2D eigenvalue weighted by molar-refractivity contribution is 4.55. The van der Waals surface area contributed by atoms with Crippen molar-refractivity contribution in [1.29, 1.82) is 0 Å². The summed E-state index contributed by atoms with van der Waals surface area (Å²) in [5, 5.41) is 2.75. The maximum absolute atomic E-state index is 11.6. The first-order valence-electron chi connectivity index (χ1n) is 5.18. The molecule has 1 nitrogen and oxygen atoms in total. The van der Waals surface area contributed by atoms with Crippen molar-refractivity contribution in [3.05, 3.63) is 12.7 Å². The quantitative estimate of drug-likeness (QED) is 0.555. The molecule has 0 unspecified atom stereocenters. The molecule has 0 heterocycles. The lowest BCUT2D eigenvalue weighted by Crippen LogP contribution is -2.23. The van der Waals surface area contributed by atoms with E-state index in [0.29, 0.717) is 12.5 Å². The summed E-state index contributed by atoms with van der Waals surface area (Å²) in [6.45, 7) is 10.1. The summed E-state index contributed by atoms with van der Waals surface area (Å²) in [5.74, 6) is 0.545. The Balaban J connectivity index is 0. The van der Waals surface area contributed by atoms with Crippen LogP contribution in [0.5, 0.6) is 0 Å². The fourth-order valence-corrected chi connectivity index (χ4v) is 0.746. The van der Waals surface area contributed by atoms with Gasteiger partial charge in [-0.2, -0.15) is 13.2 Å². The lowest BCUT2D eigenvalue weighted by Gasteiger charge is -2.08. The summed E-state index contributed by atoms with van der Waals surface area (Å²) in [7, 11) is 0. The van der Waals surface area contributed by atoms with Gasteiger partial charge in [0.25, 0.3) is 0 Å². The largest absolute Gasteiger partial charge is 0.390 e. The molecular formula is C11H22F3N. The maximum atomic E-state index is 11.6. The normalized spacial score (nSPS) is 10.9. The van der Waals surface area contributed by atoms with Crippen LogP contribution in [0, 0.1) is 5.92 Å². The third-order valence-electron chi connectivity index (χ3n) is 1.48. The van der Waals surface area contributed by atoms with E-state index in [1.54, 1.807) is 6.08 Å². The number of alkyl halides is 3. The van der Waals surface area contributed by atoms with Crippen molar-refractivity contribution in [2.75, 3.05) is 13.1 Å². The van der Waals surface area contributed by atoms with E-state index in [-0.39, 0.29) is 6.54 Å². The monoisotopic (exact) mass is 225 g/mol. The molecule has 0 aliphatic carbocycles. The van der Waals surface area contributed by atoms with Crippen LogP contribution in [0.3, 0.4) is 0 Å². The lowest BCUT2D eigenvalue weighted by molar-refractivity contribution is -0.133.